The maximum Gasteiger partial charge on any atom is 0.189 e. The zero-order chi connectivity index (χ0) is 13.7. The molecular weight excluding hydrogens is 286 g/mol. The molecule has 0 bridgehead atoms. The summed E-state index contributed by atoms with van der Waals surface area (Å²) in [4.78, 5) is 6.03. The van der Waals surface area contributed by atoms with Crippen LogP contribution in [-0.2, 0) is 4.74 Å². The van der Waals surface area contributed by atoms with Crippen LogP contribution in [0.4, 0.5) is 0 Å². The summed E-state index contributed by atoms with van der Waals surface area (Å²) in [5.41, 5.74) is 9.06. The van der Waals surface area contributed by atoms with Crippen molar-refractivity contribution < 1.29 is 4.74 Å². The Morgan fingerprint density at radius 3 is 2.89 bits per heavy atom. The average molecular weight is 300 g/mol. The van der Waals surface area contributed by atoms with E-state index < -0.39 is 0 Å². The van der Waals surface area contributed by atoms with Crippen molar-refractivity contribution in [2.75, 3.05) is 26.3 Å². The van der Waals surface area contributed by atoms with Gasteiger partial charge in [-0.25, -0.2) is 4.98 Å². The molecule has 2 heterocycles. The molecular formula is C11H14ClN5OS. The summed E-state index contributed by atoms with van der Waals surface area (Å²) in [5.74, 6) is 0.234. The van der Waals surface area contributed by atoms with Crippen LogP contribution >= 0.6 is 23.8 Å². The Kier molecular flexibility index (Phi) is 4.89. The molecule has 0 aromatic carbocycles. The molecule has 6 nitrogen and oxygen atoms in total. The van der Waals surface area contributed by atoms with Crippen molar-refractivity contribution in [3.63, 3.8) is 0 Å². The molecule has 0 aliphatic carbocycles. The van der Waals surface area contributed by atoms with Gasteiger partial charge < -0.3 is 15.4 Å². The van der Waals surface area contributed by atoms with E-state index in [1.807, 2.05) is 4.90 Å². The van der Waals surface area contributed by atoms with Crippen LogP contribution in [0, 0.1) is 0 Å². The van der Waals surface area contributed by atoms with Gasteiger partial charge in [0.15, 0.2) is 10.9 Å². The fourth-order valence-corrected chi connectivity index (χ4v) is 1.95. The van der Waals surface area contributed by atoms with Crippen LogP contribution < -0.4 is 11.2 Å². The van der Waals surface area contributed by atoms with Crippen molar-refractivity contribution >= 4 is 34.8 Å². The van der Waals surface area contributed by atoms with Crippen LogP contribution in [0.2, 0.25) is 5.15 Å². The van der Waals surface area contributed by atoms with Crippen LogP contribution in [0.1, 0.15) is 5.69 Å². The summed E-state index contributed by atoms with van der Waals surface area (Å²) in [6, 6.07) is 5.15. The minimum atomic E-state index is 0.234. The van der Waals surface area contributed by atoms with E-state index in [-0.39, 0.29) is 5.84 Å². The molecule has 1 fully saturated rings. The Morgan fingerprint density at radius 2 is 2.21 bits per heavy atom. The molecule has 0 saturated carbocycles. The van der Waals surface area contributed by atoms with Crippen LogP contribution in [0.25, 0.3) is 0 Å². The van der Waals surface area contributed by atoms with E-state index in [9.17, 15) is 0 Å². The van der Waals surface area contributed by atoms with E-state index in [1.54, 1.807) is 18.2 Å². The van der Waals surface area contributed by atoms with Gasteiger partial charge in [0.2, 0.25) is 0 Å². The van der Waals surface area contributed by atoms with Gasteiger partial charge in [-0.2, -0.15) is 5.10 Å². The third-order valence-corrected chi connectivity index (χ3v) is 3.11. The van der Waals surface area contributed by atoms with Crippen molar-refractivity contribution in [2.24, 2.45) is 10.8 Å². The van der Waals surface area contributed by atoms with Gasteiger partial charge in [-0.1, -0.05) is 17.7 Å². The van der Waals surface area contributed by atoms with Gasteiger partial charge in [0.05, 0.1) is 13.2 Å². The van der Waals surface area contributed by atoms with Gasteiger partial charge >= 0.3 is 0 Å². The van der Waals surface area contributed by atoms with E-state index in [4.69, 9.17) is 34.3 Å². The molecule has 2 rings (SSSR count). The van der Waals surface area contributed by atoms with Gasteiger partial charge in [0.25, 0.3) is 0 Å². The Balaban J connectivity index is 1.95. The molecule has 1 aromatic rings. The molecule has 0 spiro atoms. The highest BCUT2D eigenvalue weighted by atomic mass is 35.5. The maximum absolute atomic E-state index is 5.81. The molecule has 0 atom stereocenters. The van der Waals surface area contributed by atoms with Crippen LogP contribution in [0.15, 0.2) is 23.3 Å². The van der Waals surface area contributed by atoms with Crippen molar-refractivity contribution in [3.8, 4) is 0 Å². The highest BCUT2D eigenvalue weighted by molar-refractivity contribution is 7.80. The van der Waals surface area contributed by atoms with Gasteiger partial charge in [-0.3, -0.25) is 5.43 Å². The number of rotatable bonds is 2. The molecule has 0 unspecified atom stereocenters. The van der Waals surface area contributed by atoms with Crippen LogP contribution in [0.5, 0.6) is 0 Å². The zero-order valence-electron chi connectivity index (χ0n) is 10.2. The number of hydrogen-bond acceptors (Lipinski definition) is 4. The number of hydrazone groups is 1. The lowest BCUT2D eigenvalue weighted by Crippen LogP contribution is -2.45. The number of nitrogens with zero attached hydrogens (tertiary/aromatic N) is 3. The second kappa shape index (κ2) is 6.65. The first-order chi connectivity index (χ1) is 9.16. The first kappa shape index (κ1) is 14.0. The number of thiocarbonyl (C=S) groups is 1. The Bertz CT molecular complexity index is 490. The van der Waals surface area contributed by atoms with E-state index in [0.29, 0.717) is 29.2 Å². The maximum atomic E-state index is 5.81. The van der Waals surface area contributed by atoms with Crippen LogP contribution in [-0.4, -0.2) is 47.1 Å². The fourth-order valence-electron chi connectivity index (χ4n) is 1.55. The summed E-state index contributed by atoms with van der Waals surface area (Å²) in [6.07, 6.45) is 0. The smallest absolute Gasteiger partial charge is 0.189 e. The van der Waals surface area contributed by atoms with Crippen molar-refractivity contribution in [1.82, 2.24) is 15.3 Å². The highest BCUT2D eigenvalue weighted by Gasteiger charge is 2.13. The van der Waals surface area contributed by atoms with Gasteiger partial charge in [-0.15, -0.1) is 0 Å². The van der Waals surface area contributed by atoms with Gasteiger partial charge in [0, 0.05) is 13.1 Å². The quantitative estimate of drug-likeness (QED) is 0.273. The average Bonchev–Trinajstić information content (AvgIpc) is 2.45. The summed E-state index contributed by atoms with van der Waals surface area (Å²) >= 11 is 11.0. The SMILES string of the molecule is N/C(=N\NC(=S)N1CCOCC1)c1cccc(Cl)n1. The Hall–Kier alpha value is -1.44. The van der Waals surface area contributed by atoms with Crippen LogP contribution in [0.3, 0.4) is 0 Å². The lowest BCUT2D eigenvalue weighted by Gasteiger charge is -2.28. The number of halogens is 1. The second-order valence-electron chi connectivity index (χ2n) is 3.86. The van der Waals surface area contributed by atoms with E-state index >= 15 is 0 Å². The van der Waals surface area contributed by atoms with E-state index in [2.05, 4.69) is 15.5 Å². The lowest BCUT2D eigenvalue weighted by molar-refractivity contribution is 0.0677. The molecule has 1 saturated heterocycles. The number of morpholine rings is 1. The first-order valence-corrected chi connectivity index (χ1v) is 6.54. The fraction of sp³-hybridized carbons (Fsp3) is 0.364. The molecule has 1 aromatic heterocycles. The third-order valence-electron chi connectivity index (χ3n) is 2.55. The Labute approximate surface area is 121 Å². The van der Waals surface area contributed by atoms with Gasteiger partial charge in [-0.05, 0) is 24.4 Å². The predicted octanol–water partition coefficient (Wildman–Crippen LogP) is 0.562. The molecule has 8 heteroatoms. The van der Waals surface area contributed by atoms with E-state index in [1.165, 1.54) is 0 Å². The first-order valence-electron chi connectivity index (χ1n) is 5.75. The zero-order valence-corrected chi connectivity index (χ0v) is 11.7. The normalized spacial score (nSPS) is 16.3. The number of nitrogens with one attached hydrogen (secondary N) is 1. The molecule has 1 aliphatic rings. The minimum Gasteiger partial charge on any atom is -0.380 e. The number of pyridine rings is 1. The highest BCUT2D eigenvalue weighted by Crippen LogP contribution is 2.04. The number of ether oxygens (including phenoxy) is 1. The number of nitrogens with two attached hydrogens (primary N) is 1. The number of amidine groups is 1. The Morgan fingerprint density at radius 1 is 1.47 bits per heavy atom. The summed E-state index contributed by atoms with van der Waals surface area (Å²) in [7, 11) is 0. The van der Waals surface area contributed by atoms with Crippen molar-refractivity contribution in [3.05, 3.63) is 29.0 Å². The minimum absolute atomic E-state index is 0.234. The monoisotopic (exact) mass is 299 g/mol. The molecule has 0 radical (unpaired) electrons. The summed E-state index contributed by atoms with van der Waals surface area (Å²) in [6.45, 7) is 2.82. The third kappa shape index (κ3) is 4.02. The van der Waals surface area contributed by atoms with E-state index in [0.717, 1.165) is 13.1 Å². The summed E-state index contributed by atoms with van der Waals surface area (Å²) in [5, 5.41) is 4.90. The molecule has 1 aliphatic heterocycles. The molecule has 102 valence electrons. The predicted molar refractivity (Wildman–Crippen MR) is 78.1 cm³/mol. The van der Waals surface area contributed by atoms with Crippen molar-refractivity contribution in [2.45, 2.75) is 0 Å². The second-order valence-corrected chi connectivity index (χ2v) is 4.63. The summed E-state index contributed by atoms with van der Waals surface area (Å²) < 4.78 is 5.24. The molecule has 0 amide bonds. The molecule has 19 heavy (non-hydrogen) atoms. The number of aromatic nitrogens is 1. The molecule has 3 N–H and O–H groups in total. The standard InChI is InChI=1S/C11H14ClN5OS/c12-9-3-1-2-8(14-9)10(13)15-16-11(19)17-4-6-18-7-5-17/h1-3H,4-7H2,(H2,13,15)(H,16,19). The van der Waals surface area contributed by atoms with Gasteiger partial charge in [0.1, 0.15) is 10.8 Å². The largest absolute Gasteiger partial charge is 0.380 e. The topological polar surface area (TPSA) is 75.8 Å². The number of hydrogen-bond donors (Lipinski definition) is 2. The van der Waals surface area contributed by atoms with Crippen molar-refractivity contribution in [1.29, 1.82) is 0 Å². The lowest BCUT2D eigenvalue weighted by atomic mass is 10.3.